The van der Waals surface area contributed by atoms with Crippen LogP contribution in [0.3, 0.4) is 0 Å². The van der Waals surface area contributed by atoms with Crippen LogP contribution in [0.15, 0.2) is 5.38 Å². The first-order chi connectivity index (χ1) is 7.24. The third kappa shape index (κ3) is 3.58. The zero-order chi connectivity index (χ0) is 12.4. The van der Waals surface area contributed by atoms with E-state index in [2.05, 4.69) is 37.1 Å². The molecule has 0 aromatic carbocycles. The molecule has 0 aliphatic heterocycles. The molecule has 4 heteroatoms. The van der Waals surface area contributed by atoms with Crippen LogP contribution >= 0.6 is 11.3 Å². The molecule has 0 radical (unpaired) electrons. The predicted octanol–water partition coefficient (Wildman–Crippen LogP) is 2.83. The first-order valence-corrected chi connectivity index (χ1v) is 6.24. The van der Waals surface area contributed by atoms with Crippen molar-refractivity contribution in [2.45, 2.75) is 52.1 Å². The molecule has 0 saturated carbocycles. The van der Waals surface area contributed by atoms with E-state index in [0.717, 1.165) is 17.2 Å². The number of nitrogens with one attached hydrogen (secondary N) is 1. The molecule has 0 aliphatic rings. The number of nitriles is 1. The lowest BCUT2D eigenvalue weighted by Crippen LogP contribution is -2.35. The van der Waals surface area contributed by atoms with Crippen LogP contribution < -0.4 is 5.32 Å². The van der Waals surface area contributed by atoms with E-state index in [1.165, 1.54) is 0 Å². The second-order valence-corrected chi connectivity index (χ2v) is 6.34. The molecule has 1 aromatic rings. The van der Waals surface area contributed by atoms with Crippen molar-refractivity contribution in [2.24, 2.45) is 0 Å². The van der Waals surface area contributed by atoms with Crippen molar-refractivity contribution in [1.82, 2.24) is 10.3 Å². The van der Waals surface area contributed by atoms with Crippen LogP contribution in [-0.2, 0) is 12.0 Å². The number of rotatable bonds is 3. The molecule has 1 rings (SSSR count). The smallest absolute Gasteiger partial charge is 0.113 e. The molecule has 0 fully saturated rings. The standard InChI is InChI=1S/C12H19N3S/c1-11(2,3)14-6-9-7-16-10(15-9)12(4,5)8-13/h7,14H,6H2,1-5H3. The minimum absolute atomic E-state index is 0.0918. The fourth-order valence-electron chi connectivity index (χ4n) is 1.08. The van der Waals surface area contributed by atoms with Gasteiger partial charge in [0.15, 0.2) is 0 Å². The second kappa shape index (κ2) is 4.52. The highest BCUT2D eigenvalue weighted by Crippen LogP contribution is 2.25. The summed E-state index contributed by atoms with van der Waals surface area (Å²) in [6.45, 7) is 10.9. The Balaban J connectivity index is 2.70. The van der Waals surface area contributed by atoms with Crippen molar-refractivity contribution in [3.8, 4) is 6.07 Å². The third-order valence-corrected chi connectivity index (χ3v) is 3.38. The van der Waals surface area contributed by atoms with Crippen LogP contribution in [0, 0.1) is 11.3 Å². The van der Waals surface area contributed by atoms with Gasteiger partial charge in [-0.1, -0.05) is 0 Å². The van der Waals surface area contributed by atoms with Crippen LogP contribution in [0.5, 0.6) is 0 Å². The third-order valence-electron chi connectivity index (χ3n) is 2.17. The minimum Gasteiger partial charge on any atom is -0.306 e. The zero-order valence-electron chi connectivity index (χ0n) is 10.6. The quantitative estimate of drug-likeness (QED) is 0.879. The average Bonchev–Trinajstić information content (AvgIpc) is 2.62. The summed E-state index contributed by atoms with van der Waals surface area (Å²) in [4.78, 5) is 4.49. The molecule has 3 nitrogen and oxygen atoms in total. The van der Waals surface area contributed by atoms with Gasteiger partial charge in [0.25, 0.3) is 0 Å². The molecule has 88 valence electrons. The Labute approximate surface area is 102 Å². The van der Waals surface area contributed by atoms with E-state index >= 15 is 0 Å². The molecule has 0 unspecified atom stereocenters. The van der Waals surface area contributed by atoms with Crippen LogP contribution in [0.1, 0.15) is 45.3 Å². The average molecular weight is 237 g/mol. The van der Waals surface area contributed by atoms with Crippen LogP contribution in [0.4, 0.5) is 0 Å². The summed E-state index contributed by atoms with van der Waals surface area (Å²) in [5, 5.41) is 15.3. The summed E-state index contributed by atoms with van der Waals surface area (Å²) in [5.41, 5.74) is 0.623. The van der Waals surface area contributed by atoms with Crippen molar-refractivity contribution in [2.75, 3.05) is 0 Å². The van der Waals surface area contributed by atoms with Crippen molar-refractivity contribution < 1.29 is 0 Å². The number of thiazole rings is 1. The van der Waals surface area contributed by atoms with Crippen molar-refractivity contribution in [1.29, 1.82) is 5.26 Å². The van der Waals surface area contributed by atoms with Gasteiger partial charge < -0.3 is 5.32 Å². The molecule has 0 bridgehead atoms. The lowest BCUT2D eigenvalue weighted by molar-refractivity contribution is 0.421. The van der Waals surface area contributed by atoms with E-state index in [1.54, 1.807) is 11.3 Å². The monoisotopic (exact) mass is 237 g/mol. The number of nitrogens with zero attached hydrogens (tertiary/aromatic N) is 2. The SMILES string of the molecule is CC(C)(C)NCc1csc(C(C)(C)C#N)n1. The normalized spacial score (nSPS) is 12.5. The van der Waals surface area contributed by atoms with Crippen molar-refractivity contribution in [3.05, 3.63) is 16.1 Å². The Morgan fingerprint density at radius 3 is 2.50 bits per heavy atom. The predicted molar refractivity (Wildman–Crippen MR) is 67.3 cm³/mol. The van der Waals surface area contributed by atoms with Gasteiger partial charge in [0.05, 0.1) is 11.8 Å². The largest absolute Gasteiger partial charge is 0.306 e. The van der Waals surface area contributed by atoms with Gasteiger partial charge in [0.2, 0.25) is 0 Å². The summed E-state index contributed by atoms with van der Waals surface area (Å²) in [6.07, 6.45) is 0. The first kappa shape index (κ1) is 13.1. The fraction of sp³-hybridized carbons (Fsp3) is 0.667. The Morgan fingerprint density at radius 1 is 1.38 bits per heavy atom. The Morgan fingerprint density at radius 2 is 2.00 bits per heavy atom. The van der Waals surface area contributed by atoms with E-state index in [9.17, 15) is 0 Å². The first-order valence-electron chi connectivity index (χ1n) is 5.36. The maximum Gasteiger partial charge on any atom is 0.113 e. The van der Waals surface area contributed by atoms with Gasteiger partial charge in [-0.15, -0.1) is 11.3 Å². The lowest BCUT2D eigenvalue weighted by atomic mass is 9.97. The molecule has 0 atom stereocenters. The lowest BCUT2D eigenvalue weighted by Gasteiger charge is -2.19. The van der Waals surface area contributed by atoms with E-state index in [0.29, 0.717) is 0 Å². The molecular formula is C12H19N3S. The molecule has 0 spiro atoms. The van der Waals surface area contributed by atoms with E-state index in [4.69, 9.17) is 5.26 Å². The molecule has 1 N–H and O–H groups in total. The van der Waals surface area contributed by atoms with Gasteiger partial charge in [0, 0.05) is 17.5 Å². The molecule has 1 heterocycles. The maximum atomic E-state index is 9.02. The van der Waals surface area contributed by atoms with E-state index in [1.807, 2.05) is 19.2 Å². The Bertz CT molecular complexity index is 393. The molecular weight excluding hydrogens is 218 g/mol. The summed E-state index contributed by atoms with van der Waals surface area (Å²) in [6, 6.07) is 2.27. The number of aromatic nitrogens is 1. The molecule has 16 heavy (non-hydrogen) atoms. The fourth-order valence-corrected chi connectivity index (χ4v) is 1.97. The van der Waals surface area contributed by atoms with Gasteiger partial charge in [-0.2, -0.15) is 5.26 Å². The minimum atomic E-state index is -0.481. The summed E-state index contributed by atoms with van der Waals surface area (Å²) in [5.74, 6) is 0. The summed E-state index contributed by atoms with van der Waals surface area (Å²) < 4.78 is 0. The van der Waals surface area contributed by atoms with Gasteiger partial charge in [-0.05, 0) is 34.6 Å². The Hall–Kier alpha value is -0.920. The maximum absolute atomic E-state index is 9.02. The van der Waals surface area contributed by atoms with Gasteiger partial charge in [0.1, 0.15) is 10.4 Å². The highest BCUT2D eigenvalue weighted by atomic mass is 32.1. The zero-order valence-corrected chi connectivity index (χ0v) is 11.4. The van der Waals surface area contributed by atoms with Crippen LogP contribution in [0.25, 0.3) is 0 Å². The second-order valence-electron chi connectivity index (χ2n) is 5.48. The highest BCUT2D eigenvalue weighted by molar-refractivity contribution is 7.09. The number of hydrogen-bond donors (Lipinski definition) is 1. The van der Waals surface area contributed by atoms with Crippen molar-refractivity contribution in [3.63, 3.8) is 0 Å². The van der Waals surface area contributed by atoms with Gasteiger partial charge >= 0.3 is 0 Å². The number of hydrogen-bond acceptors (Lipinski definition) is 4. The van der Waals surface area contributed by atoms with E-state index in [-0.39, 0.29) is 5.54 Å². The molecule has 0 amide bonds. The topological polar surface area (TPSA) is 48.7 Å². The highest BCUT2D eigenvalue weighted by Gasteiger charge is 2.23. The Kier molecular flexibility index (Phi) is 3.72. The van der Waals surface area contributed by atoms with Crippen molar-refractivity contribution >= 4 is 11.3 Å². The summed E-state index contributed by atoms with van der Waals surface area (Å²) >= 11 is 1.56. The summed E-state index contributed by atoms with van der Waals surface area (Å²) in [7, 11) is 0. The van der Waals surface area contributed by atoms with Crippen LogP contribution in [0.2, 0.25) is 0 Å². The van der Waals surface area contributed by atoms with Gasteiger partial charge in [-0.25, -0.2) is 4.98 Å². The molecule has 1 aromatic heterocycles. The molecule has 0 saturated heterocycles. The van der Waals surface area contributed by atoms with Gasteiger partial charge in [-0.3, -0.25) is 0 Å². The molecule has 0 aliphatic carbocycles. The van der Waals surface area contributed by atoms with Crippen LogP contribution in [-0.4, -0.2) is 10.5 Å². The van der Waals surface area contributed by atoms with E-state index < -0.39 is 5.41 Å².